The summed E-state index contributed by atoms with van der Waals surface area (Å²) in [5.41, 5.74) is 5.19. The minimum atomic E-state index is -0.913. The summed E-state index contributed by atoms with van der Waals surface area (Å²) in [7, 11) is 0. The number of carboxylic acids is 1. The molecule has 0 aromatic rings. The molecule has 0 saturated carbocycles. The van der Waals surface area contributed by atoms with Crippen LogP contribution in [0.3, 0.4) is 0 Å². The van der Waals surface area contributed by atoms with Gasteiger partial charge in [-0.3, -0.25) is 4.79 Å². The van der Waals surface area contributed by atoms with Crippen molar-refractivity contribution in [1.82, 2.24) is 0 Å². The molecule has 68 valence electrons. The molecule has 6 heteroatoms. The van der Waals surface area contributed by atoms with E-state index in [1.165, 1.54) is 0 Å². The van der Waals surface area contributed by atoms with E-state index in [4.69, 9.17) is 15.0 Å². The molecule has 1 unspecified atom stereocenters. The number of nitrogens with two attached hydrogens (primary N) is 1. The Labute approximate surface area is 78.7 Å². The normalized spacial score (nSPS) is 11.3. The number of aliphatic carboxylic acids is 1. The van der Waals surface area contributed by atoms with E-state index in [2.05, 4.69) is 0 Å². The van der Waals surface area contributed by atoms with Crippen molar-refractivity contribution in [2.45, 2.75) is 12.5 Å². The van der Waals surface area contributed by atoms with E-state index in [1.54, 1.807) is 11.8 Å². The molecule has 0 amide bonds. The van der Waals surface area contributed by atoms with Crippen LogP contribution in [0.1, 0.15) is 6.42 Å². The number of carboxylic acid groups (broad SMARTS) is 1. The van der Waals surface area contributed by atoms with Crippen molar-refractivity contribution >= 4 is 17.7 Å². The van der Waals surface area contributed by atoms with Crippen LogP contribution in [0.2, 0.25) is 0 Å². The summed E-state index contributed by atoms with van der Waals surface area (Å²) in [5, 5.41) is 8.27. The van der Waals surface area contributed by atoms with Crippen LogP contribution < -0.4 is 5.73 Å². The van der Waals surface area contributed by atoms with Crippen molar-refractivity contribution in [1.29, 1.82) is 0 Å². The van der Waals surface area contributed by atoms with Crippen LogP contribution in [-0.2, 0) is 21.1 Å². The zero-order valence-corrected chi connectivity index (χ0v) is 8.15. The maximum absolute atomic E-state index is 10.1. The molecule has 4 N–H and O–H groups in total. The van der Waals surface area contributed by atoms with Gasteiger partial charge in [0.15, 0.2) is 0 Å². The van der Waals surface area contributed by atoms with Crippen molar-refractivity contribution in [2.24, 2.45) is 5.73 Å². The second-order valence-electron chi connectivity index (χ2n) is 1.73. The summed E-state index contributed by atoms with van der Waals surface area (Å²) in [4.78, 5) is 10.1. The van der Waals surface area contributed by atoms with E-state index in [1.807, 2.05) is 22.6 Å². The summed E-state index contributed by atoms with van der Waals surface area (Å²) in [5.74, 6) is -0.1000. The van der Waals surface area contributed by atoms with E-state index in [0.29, 0.717) is 6.42 Å². The third-order valence-corrected chi connectivity index (χ3v) is 1.59. The third-order valence-electron chi connectivity index (χ3n) is 0.950. The van der Waals surface area contributed by atoms with Crippen LogP contribution in [0.25, 0.3) is 0 Å². The molecule has 0 aromatic heterocycles. The van der Waals surface area contributed by atoms with Crippen LogP contribution >= 0.6 is 11.8 Å². The molecule has 0 radical (unpaired) electrons. The van der Waals surface area contributed by atoms with Crippen LogP contribution in [0.4, 0.5) is 0 Å². The summed E-state index contributed by atoms with van der Waals surface area (Å²) in [6.07, 6.45) is 2.48. The Bertz CT molecular complexity index is 104. The van der Waals surface area contributed by atoms with Crippen molar-refractivity contribution in [3.05, 3.63) is 0 Å². The fraction of sp³-hybridized carbons (Fsp3) is 0.800. The standard InChI is InChI=1S/C5H11NO2S.Mn.H2O/c1-9-3-2-4(6)5(7)8;;/h4H,2-3,6H2,1H3,(H,7,8);;1H2/q;+1;/p-1. The molecule has 0 aliphatic heterocycles. The summed E-state index contributed by atoms with van der Waals surface area (Å²) in [6, 6.07) is -0.683. The van der Waals surface area contributed by atoms with Gasteiger partial charge in [0.2, 0.25) is 0 Å². The number of thioether (sulfide) groups is 1. The van der Waals surface area contributed by atoms with Gasteiger partial charge in [-0.1, -0.05) is 0 Å². The molecule has 0 aliphatic rings. The van der Waals surface area contributed by atoms with Crippen molar-refractivity contribution in [3.8, 4) is 0 Å². The summed E-state index contributed by atoms with van der Waals surface area (Å²) < 4.78 is 6.81. The topological polar surface area (TPSA) is 83.6 Å². The van der Waals surface area contributed by atoms with E-state index < -0.39 is 12.0 Å². The van der Waals surface area contributed by atoms with Crippen molar-refractivity contribution in [2.75, 3.05) is 12.0 Å². The second kappa shape index (κ2) is 10.3. The van der Waals surface area contributed by atoms with Gasteiger partial charge in [0.05, 0.1) is 0 Å². The van der Waals surface area contributed by atoms with Gasteiger partial charge in [-0.05, 0) is 18.4 Å². The Morgan fingerprint density at radius 3 is 2.45 bits per heavy atom. The molecular weight excluding hydrogens is 209 g/mol. The average Bonchev–Trinajstić information content (AvgIpc) is 2.03. The molecule has 0 saturated heterocycles. The van der Waals surface area contributed by atoms with Gasteiger partial charge in [0.1, 0.15) is 6.04 Å². The van der Waals surface area contributed by atoms with E-state index in [9.17, 15) is 4.79 Å². The molecule has 4 nitrogen and oxygen atoms in total. The fourth-order valence-corrected chi connectivity index (χ4v) is 0.858. The van der Waals surface area contributed by atoms with E-state index >= 15 is 0 Å². The molecule has 0 spiro atoms. The predicted octanol–water partition coefficient (Wildman–Crippen LogP) is -0.408. The van der Waals surface area contributed by atoms with Crippen molar-refractivity contribution in [3.63, 3.8) is 0 Å². The first-order chi connectivity index (χ1) is 5.18. The zero-order chi connectivity index (χ0) is 9.28. The zero-order valence-electron chi connectivity index (χ0n) is 6.16. The quantitative estimate of drug-likeness (QED) is 0.562. The first-order valence-electron chi connectivity index (χ1n) is 2.82. The Hall–Kier alpha value is 0.259. The number of rotatable bonds is 4. The van der Waals surface area contributed by atoms with Crippen molar-refractivity contribution < 1.29 is 30.4 Å². The average molecular weight is 221 g/mol. The van der Waals surface area contributed by atoms with Crippen LogP contribution in [-0.4, -0.2) is 33.3 Å². The van der Waals surface area contributed by atoms with Crippen LogP contribution in [0, 0.1) is 0 Å². The van der Waals surface area contributed by atoms with Gasteiger partial charge in [-0.25, -0.2) is 0 Å². The predicted molar refractivity (Wildman–Crippen MR) is 40.8 cm³/mol. The van der Waals surface area contributed by atoms with Gasteiger partial charge >= 0.3 is 26.5 Å². The van der Waals surface area contributed by atoms with E-state index in [0.717, 1.165) is 5.75 Å². The number of hydrogen-bond acceptors (Lipinski definition) is 4. The Morgan fingerprint density at radius 2 is 2.18 bits per heavy atom. The number of carbonyl (C=O) groups is 1. The minimum absolute atomic E-state index is 0.552. The van der Waals surface area contributed by atoms with Crippen LogP contribution in [0.15, 0.2) is 0 Å². The molecule has 11 heavy (non-hydrogen) atoms. The first kappa shape index (κ1) is 13.8. The van der Waals surface area contributed by atoms with Crippen LogP contribution in [0.5, 0.6) is 0 Å². The van der Waals surface area contributed by atoms with Gasteiger partial charge in [0.25, 0.3) is 0 Å². The second-order valence-corrected chi connectivity index (χ2v) is 2.71. The molecule has 0 rings (SSSR count). The van der Waals surface area contributed by atoms with E-state index in [-0.39, 0.29) is 0 Å². The third kappa shape index (κ3) is 10.3. The van der Waals surface area contributed by atoms with Gasteiger partial charge < -0.3 is 10.8 Å². The molecular formula is C5H12MnNO3S. The number of hydrogen-bond donors (Lipinski definition) is 3. The molecule has 1 atom stereocenters. The monoisotopic (exact) mass is 221 g/mol. The summed E-state index contributed by atoms with van der Waals surface area (Å²) >= 11 is 3.54. The van der Waals surface area contributed by atoms with Gasteiger partial charge in [0, 0.05) is 0 Å². The molecule has 0 aliphatic carbocycles. The Balaban J connectivity index is 0. The maximum atomic E-state index is 10.1. The molecule has 0 fully saturated rings. The Kier molecular flexibility index (Phi) is 12.9. The first-order valence-corrected chi connectivity index (χ1v) is 4.75. The Morgan fingerprint density at radius 1 is 1.73 bits per heavy atom. The van der Waals surface area contributed by atoms with Gasteiger partial charge in [-0.15, -0.1) is 0 Å². The SMILES string of the molecule is CSCCC(N)C(=O)O.[OH][Mn]. The summed E-state index contributed by atoms with van der Waals surface area (Å²) in [6.45, 7) is 0. The van der Waals surface area contributed by atoms with Gasteiger partial charge in [-0.2, -0.15) is 11.8 Å². The molecule has 0 bridgehead atoms. The molecule has 0 aromatic carbocycles. The molecule has 0 heterocycles. The fourth-order valence-electron chi connectivity index (χ4n) is 0.368.